The van der Waals surface area contributed by atoms with E-state index in [2.05, 4.69) is 17.6 Å². The molecule has 0 spiro atoms. The van der Waals surface area contributed by atoms with Gasteiger partial charge in [-0.25, -0.2) is 9.59 Å². The molecule has 100 valence electrons. The highest BCUT2D eigenvalue weighted by Gasteiger charge is 2.08. The highest BCUT2D eigenvalue weighted by molar-refractivity contribution is 5.74. The molecule has 0 aromatic heterocycles. The number of carboxylic acid groups (broad SMARTS) is 1. The van der Waals surface area contributed by atoms with Gasteiger partial charge in [-0.1, -0.05) is 20.3 Å². The summed E-state index contributed by atoms with van der Waals surface area (Å²) in [6, 6.07) is -0.0378. The summed E-state index contributed by atoms with van der Waals surface area (Å²) in [7, 11) is 0. The molecule has 0 heterocycles. The zero-order valence-electron chi connectivity index (χ0n) is 10.5. The van der Waals surface area contributed by atoms with E-state index in [9.17, 15) is 9.59 Å². The summed E-state index contributed by atoms with van der Waals surface area (Å²) < 4.78 is 4.78. The van der Waals surface area contributed by atoms with Crippen LogP contribution in [0.3, 0.4) is 0 Å². The monoisotopic (exact) mass is 246 g/mol. The molecule has 6 nitrogen and oxygen atoms in total. The van der Waals surface area contributed by atoms with Crippen molar-refractivity contribution in [1.29, 1.82) is 0 Å². The molecule has 0 aromatic carbocycles. The van der Waals surface area contributed by atoms with Gasteiger partial charge in [-0.2, -0.15) is 0 Å². The molecule has 1 unspecified atom stereocenters. The normalized spacial score (nSPS) is 11.9. The van der Waals surface area contributed by atoms with E-state index < -0.39 is 5.97 Å². The lowest BCUT2D eigenvalue weighted by molar-refractivity contribution is -0.142. The fraction of sp³-hybridized carbons (Fsp3) is 0.818. The first-order valence-corrected chi connectivity index (χ1v) is 5.94. The molecule has 0 radical (unpaired) electrons. The fourth-order valence-electron chi connectivity index (χ4n) is 1.36. The minimum atomic E-state index is -1.01. The molecule has 0 rings (SSSR count). The van der Waals surface area contributed by atoms with Gasteiger partial charge in [-0.05, 0) is 12.8 Å². The Bertz CT molecular complexity index is 234. The third kappa shape index (κ3) is 9.62. The number of carboxylic acids is 1. The van der Waals surface area contributed by atoms with Crippen LogP contribution in [-0.2, 0) is 9.53 Å². The van der Waals surface area contributed by atoms with Gasteiger partial charge in [-0.3, -0.25) is 0 Å². The summed E-state index contributed by atoms with van der Waals surface area (Å²) in [6.45, 7) is 4.27. The van der Waals surface area contributed by atoms with Crippen molar-refractivity contribution in [1.82, 2.24) is 10.6 Å². The van der Waals surface area contributed by atoms with Crippen molar-refractivity contribution in [3.63, 3.8) is 0 Å². The largest absolute Gasteiger partial charge is 0.480 e. The van der Waals surface area contributed by atoms with E-state index in [1.54, 1.807) is 0 Å². The Hall–Kier alpha value is -1.30. The van der Waals surface area contributed by atoms with Crippen LogP contribution in [-0.4, -0.2) is 42.9 Å². The van der Waals surface area contributed by atoms with Crippen molar-refractivity contribution in [3.05, 3.63) is 0 Å². The molecule has 0 aliphatic rings. The Balaban J connectivity index is 3.54. The van der Waals surface area contributed by atoms with Crippen molar-refractivity contribution in [2.75, 3.05) is 19.8 Å². The number of nitrogens with one attached hydrogen (secondary N) is 2. The molecule has 0 aromatic rings. The van der Waals surface area contributed by atoms with Gasteiger partial charge in [0.2, 0.25) is 0 Å². The van der Waals surface area contributed by atoms with Crippen LogP contribution < -0.4 is 10.6 Å². The second-order valence-electron chi connectivity index (χ2n) is 3.74. The second-order valence-corrected chi connectivity index (χ2v) is 3.74. The minimum Gasteiger partial charge on any atom is -0.480 e. The van der Waals surface area contributed by atoms with Gasteiger partial charge in [0.25, 0.3) is 0 Å². The Labute approximate surface area is 102 Å². The van der Waals surface area contributed by atoms with E-state index >= 15 is 0 Å². The molecule has 2 amide bonds. The molecule has 0 saturated heterocycles. The minimum absolute atomic E-state index is 0.194. The van der Waals surface area contributed by atoms with E-state index in [0.717, 1.165) is 19.3 Å². The van der Waals surface area contributed by atoms with Gasteiger partial charge in [0, 0.05) is 12.6 Å². The van der Waals surface area contributed by atoms with Crippen molar-refractivity contribution >= 4 is 12.0 Å². The molecule has 0 fully saturated rings. The Morgan fingerprint density at radius 3 is 2.59 bits per heavy atom. The first kappa shape index (κ1) is 15.7. The van der Waals surface area contributed by atoms with Crippen LogP contribution in [0.25, 0.3) is 0 Å². The number of urea groups is 1. The van der Waals surface area contributed by atoms with Crippen molar-refractivity contribution in [2.45, 2.75) is 39.2 Å². The van der Waals surface area contributed by atoms with Gasteiger partial charge in [0.1, 0.15) is 6.61 Å². The van der Waals surface area contributed by atoms with Gasteiger partial charge in [0.15, 0.2) is 0 Å². The number of hydrogen-bond acceptors (Lipinski definition) is 3. The number of carbonyl (C=O) groups excluding carboxylic acids is 1. The molecule has 17 heavy (non-hydrogen) atoms. The summed E-state index contributed by atoms with van der Waals surface area (Å²) in [5.74, 6) is -1.01. The van der Waals surface area contributed by atoms with E-state index in [-0.39, 0.29) is 25.3 Å². The second kappa shape index (κ2) is 9.89. The third-order valence-electron chi connectivity index (χ3n) is 2.22. The first-order valence-electron chi connectivity index (χ1n) is 5.94. The highest BCUT2D eigenvalue weighted by atomic mass is 16.5. The summed E-state index contributed by atoms with van der Waals surface area (Å²) in [5, 5.41) is 13.8. The van der Waals surface area contributed by atoms with Crippen LogP contribution in [0.5, 0.6) is 0 Å². The maximum atomic E-state index is 11.4. The predicted molar refractivity (Wildman–Crippen MR) is 64.0 cm³/mol. The first-order chi connectivity index (χ1) is 8.10. The van der Waals surface area contributed by atoms with E-state index in [4.69, 9.17) is 9.84 Å². The maximum absolute atomic E-state index is 11.4. The lowest BCUT2D eigenvalue weighted by Crippen LogP contribution is -2.42. The van der Waals surface area contributed by atoms with E-state index in [0.29, 0.717) is 6.54 Å². The van der Waals surface area contributed by atoms with Gasteiger partial charge < -0.3 is 20.5 Å². The van der Waals surface area contributed by atoms with Crippen molar-refractivity contribution in [3.8, 4) is 0 Å². The smallest absolute Gasteiger partial charge is 0.329 e. The third-order valence-corrected chi connectivity index (χ3v) is 2.22. The summed E-state index contributed by atoms with van der Waals surface area (Å²) in [4.78, 5) is 21.5. The van der Waals surface area contributed by atoms with Crippen molar-refractivity contribution in [2.24, 2.45) is 0 Å². The summed E-state index contributed by atoms with van der Waals surface area (Å²) in [6.07, 6.45) is 2.89. The molecule has 6 heteroatoms. The lowest BCUT2D eigenvalue weighted by Gasteiger charge is -2.16. The predicted octanol–water partition coefficient (Wildman–Crippen LogP) is 0.965. The lowest BCUT2D eigenvalue weighted by atomic mass is 10.1. The van der Waals surface area contributed by atoms with E-state index in [1.165, 1.54) is 0 Å². The molecule has 0 bridgehead atoms. The van der Waals surface area contributed by atoms with Crippen LogP contribution in [0.1, 0.15) is 33.1 Å². The van der Waals surface area contributed by atoms with Gasteiger partial charge in [-0.15, -0.1) is 0 Å². The molecular formula is C11H22N2O4. The van der Waals surface area contributed by atoms with Gasteiger partial charge in [0.05, 0.1) is 6.61 Å². The Morgan fingerprint density at radius 2 is 2.06 bits per heavy atom. The topological polar surface area (TPSA) is 87.7 Å². The van der Waals surface area contributed by atoms with Crippen LogP contribution in [0, 0.1) is 0 Å². The average molecular weight is 246 g/mol. The number of rotatable bonds is 9. The summed E-state index contributed by atoms with van der Waals surface area (Å²) >= 11 is 0. The fourth-order valence-corrected chi connectivity index (χ4v) is 1.36. The molecule has 0 aliphatic heterocycles. The van der Waals surface area contributed by atoms with Crippen LogP contribution >= 0.6 is 0 Å². The number of hydrogen-bond donors (Lipinski definition) is 3. The van der Waals surface area contributed by atoms with E-state index in [1.807, 2.05) is 6.92 Å². The SMILES string of the molecule is CCCC(CC)NC(=O)NCCOCC(=O)O. The Morgan fingerprint density at radius 1 is 1.35 bits per heavy atom. The zero-order valence-corrected chi connectivity index (χ0v) is 10.5. The molecule has 3 N–H and O–H groups in total. The highest BCUT2D eigenvalue weighted by Crippen LogP contribution is 1.99. The molecule has 1 atom stereocenters. The molecule has 0 saturated carbocycles. The zero-order chi connectivity index (χ0) is 13.1. The quantitative estimate of drug-likeness (QED) is 0.529. The van der Waals surface area contributed by atoms with Crippen LogP contribution in [0.4, 0.5) is 4.79 Å². The molecular weight excluding hydrogens is 224 g/mol. The standard InChI is InChI=1S/C11H22N2O4/c1-3-5-9(4-2)13-11(16)12-6-7-17-8-10(14)15/h9H,3-8H2,1-2H3,(H,14,15)(H2,12,13,16). The molecule has 0 aliphatic carbocycles. The maximum Gasteiger partial charge on any atom is 0.329 e. The van der Waals surface area contributed by atoms with Crippen LogP contribution in [0.15, 0.2) is 0 Å². The number of carbonyl (C=O) groups is 2. The Kier molecular flexibility index (Phi) is 9.14. The van der Waals surface area contributed by atoms with Gasteiger partial charge >= 0.3 is 12.0 Å². The number of amides is 2. The average Bonchev–Trinajstić information content (AvgIpc) is 2.27. The van der Waals surface area contributed by atoms with Crippen molar-refractivity contribution < 1.29 is 19.4 Å². The summed E-state index contributed by atoms with van der Waals surface area (Å²) in [5.41, 5.74) is 0. The van der Waals surface area contributed by atoms with Crippen LogP contribution in [0.2, 0.25) is 0 Å². The number of ether oxygens (including phenoxy) is 1. The number of aliphatic carboxylic acids is 1.